The lowest BCUT2D eigenvalue weighted by Crippen LogP contribution is -2.51. The van der Waals surface area contributed by atoms with E-state index < -0.39 is 0 Å². The first-order chi connectivity index (χ1) is 9.74. The third-order valence-corrected chi connectivity index (χ3v) is 5.85. The number of nitrogens with zero attached hydrogens (tertiary/aromatic N) is 2. The van der Waals surface area contributed by atoms with E-state index in [2.05, 4.69) is 29.0 Å². The molecule has 2 atom stereocenters. The molecule has 3 rings (SSSR count). The Bertz CT molecular complexity index is 299. The second-order valence-electron chi connectivity index (χ2n) is 7.49. The molecule has 3 saturated heterocycles. The molecule has 0 spiro atoms. The Labute approximate surface area is 125 Å². The molecule has 1 N–H and O–H groups in total. The number of nitrogens with one attached hydrogen (secondary N) is 1. The molecule has 2 unspecified atom stereocenters. The summed E-state index contributed by atoms with van der Waals surface area (Å²) in [5.74, 6) is 0.931. The predicted octanol–water partition coefficient (Wildman–Crippen LogP) is 2.32. The van der Waals surface area contributed by atoms with E-state index in [0.717, 1.165) is 18.0 Å². The first-order valence-electron chi connectivity index (χ1n) is 8.94. The maximum Gasteiger partial charge on any atom is 0.0125 e. The quantitative estimate of drug-likeness (QED) is 0.852. The zero-order valence-corrected chi connectivity index (χ0v) is 13.5. The summed E-state index contributed by atoms with van der Waals surface area (Å²) in [6.07, 6.45) is 8.49. The molecule has 3 nitrogen and oxygen atoms in total. The zero-order chi connectivity index (χ0) is 13.9. The minimum absolute atomic E-state index is 0.711. The molecule has 0 aliphatic carbocycles. The van der Waals surface area contributed by atoms with Gasteiger partial charge in [-0.1, -0.05) is 0 Å². The van der Waals surface area contributed by atoms with Gasteiger partial charge in [-0.05, 0) is 84.5 Å². The predicted molar refractivity (Wildman–Crippen MR) is 85.1 cm³/mol. The average Bonchev–Trinajstić information content (AvgIpc) is 2.93. The van der Waals surface area contributed by atoms with Crippen molar-refractivity contribution >= 4 is 0 Å². The largest absolute Gasteiger partial charge is 0.317 e. The van der Waals surface area contributed by atoms with Crippen molar-refractivity contribution in [2.45, 2.75) is 70.5 Å². The van der Waals surface area contributed by atoms with Gasteiger partial charge in [-0.25, -0.2) is 0 Å². The van der Waals surface area contributed by atoms with Crippen LogP contribution in [0.5, 0.6) is 0 Å². The summed E-state index contributed by atoms with van der Waals surface area (Å²) in [6.45, 7) is 11.3. The van der Waals surface area contributed by atoms with Gasteiger partial charge in [0.05, 0.1) is 0 Å². The van der Waals surface area contributed by atoms with Gasteiger partial charge in [-0.15, -0.1) is 0 Å². The van der Waals surface area contributed by atoms with Crippen molar-refractivity contribution in [1.29, 1.82) is 0 Å². The average molecular weight is 279 g/mol. The molecule has 3 aliphatic heterocycles. The fourth-order valence-corrected chi connectivity index (χ4v) is 4.65. The molecular formula is C17H33N3. The number of rotatable bonds is 4. The number of piperidine rings is 2. The normalized spacial score (nSPS) is 33.0. The van der Waals surface area contributed by atoms with Crippen LogP contribution >= 0.6 is 0 Å². The van der Waals surface area contributed by atoms with Crippen LogP contribution in [-0.4, -0.2) is 60.6 Å². The Morgan fingerprint density at radius 3 is 2.65 bits per heavy atom. The van der Waals surface area contributed by atoms with Crippen LogP contribution in [0.3, 0.4) is 0 Å². The van der Waals surface area contributed by atoms with Crippen LogP contribution in [0, 0.1) is 5.92 Å². The van der Waals surface area contributed by atoms with Gasteiger partial charge in [-0.3, -0.25) is 4.90 Å². The van der Waals surface area contributed by atoms with Crippen molar-refractivity contribution in [1.82, 2.24) is 15.1 Å². The molecular weight excluding hydrogens is 246 g/mol. The summed E-state index contributed by atoms with van der Waals surface area (Å²) in [7, 11) is 0. The van der Waals surface area contributed by atoms with Crippen molar-refractivity contribution in [3.05, 3.63) is 0 Å². The molecule has 0 aromatic rings. The molecule has 3 fully saturated rings. The van der Waals surface area contributed by atoms with E-state index in [-0.39, 0.29) is 0 Å². The molecule has 20 heavy (non-hydrogen) atoms. The van der Waals surface area contributed by atoms with Crippen molar-refractivity contribution < 1.29 is 0 Å². The monoisotopic (exact) mass is 279 g/mol. The first kappa shape index (κ1) is 14.8. The molecule has 0 amide bonds. The molecule has 116 valence electrons. The van der Waals surface area contributed by atoms with Crippen molar-refractivity contribution in [2.75, 3.05) is 32.7 Å². The Hall–Kier alpha value is -0.120. The van der Waals surface area contributed by atoms with E-state index >= 15 is 0 Å². The minimum Gasteiger partial charge on any atom is -0.317 e. The Morgan fingerprint density at radius 1 is 1.10 bits per heavy atom. The van der Waals surface area contributed by atoms with E-state index in [1.807, 2.05) is 0 Å². The van der Waals surface area contributed by atoms with Crippen LogP contribution in [0.25, 0.3) is 0 Å². The lowest BCUT2D eigenvalue weighted by Gasteiger charge is -2.44. The van der Waals surface area contributed by atoms with E-state index in [1.54, 1.807) is 0 Å². The second kappa shape index (κ2) is 6.76. The zero-order valence-electron chi connectivity index (χ0n) is 13.5. The van der Waals surface area contributed by atoms with Gasteiger partial charge in [0.2, 0.25) is 0 Å². The van der Waals surface area contributed by atoms with Crippen LogP contribution in [0.4, 0.5) is 0 Å². The van der Waals surface area contributed by atoms with Crippen molar-refractivity contribution in [3.63, 3.8) is 0 Å². The van der Waals surface area contributed by atoms with Gasteiger partial charge in [0.25, 0.3) is 0 Å². The van der Waals surface area contributed by atoms with Gasteiger partial charge in [-0.2, -0.15) is 0 Å². The molecule has 3 heterocycles. The molecule has 0 aromatic heterocycles. The topological polar surface area (TPSA) is 18.5 Å². The fourth-order valence-electron chi connectivity index (χ4n) is 4.65. The van der Waals surface area contributed by atoms with Gasteiger partial charge < -0.3 is 10.2 Å². The van der Waals surface area contributed by atoms with E-state index in [9.17, 15) is 0 Å². The maximum atomic E-state index is 3.50. The second-order valence-corrected chi connectivity index (χ2v) is 7.49. The Kier molecular flexibility index (Phi) is 5.00. The standard InChI is InChI=1S/C17H33N3/c1-14(2)20(13-15-5-8-18-9-6-15)17-7-11-19-10-3-4-16(19)12-17/h14-18H,3-13H2,1-2H3. The SMILES string of the molecule is CC(C)N(CC1CCNCC1)C1CCN2CCCC2C1. The van der Waals surface area contributed by atoms with Crippen LogP contribution in [0.2, 0.25) is 0 Å². The molecule has 0 bridgehead atoms. The summed E-state index contributed by atoms with van der Waals surface area (Å²) in [5, 5.41) is 3.50. The Balaban J connectivity index is 1.58. The highest BCUT2D eigenvalue weighted by atomic mass is 15.2. The van der Waals surface area contributed by atoms with E-state index in [1.165, 1.54) is 71.2 Å². The number of fused-ring (bicyclic) bond motifs is 1. The molecule has 3 aliphatic rings. The molecule has 0 aromatic carbocycles. The highest BCUT2D eigenvalue weighted by Gasteiger charge is 2.35. The lowest BCUT2D eigenvalue weighted by atomic mass is 9.92. The number of hydrogen-bond acceptors (Lipinski definition) is 3. The Morgan fingerprint density at radius 2 is 1.90 bits per heavy atom. The smallest absolute Gasteiger partial charge is 0.0125 e. The molecule has 3 heteroatoms. The van der Waals surface area contributed by atoms with Crippen LogP contribution in [0.15, 0.2) is 0 Å². The van der Waals surface area contributed by atoms with E-state index in [0.29, 0.717) is 6.04 Å². The van der Waals surface area contributed by atoms with Crippen molar-refractivity contribution in [3.8, 4) is 0 Å². The van der Waals surface area contributed by atoms with Crippen LogP contribution in [0.1, 0.15) is 52.4 Å². The highest BCUT2D eigenvalue weighted by Crippen LogP contribution is 2.31. The minimum atomic E-state index is 0.711. The third kappa shape index (κ3) is 3.37. The highest BCUT2D eigenvalue weighted by molar-refractivity contribution is 4.91. The van der Waals surface area contributed by atoms with Gasteiger partial charge in [0, 0.05) is 24.7 Å². The van der Waals surface area contributed by atoms with Gasteiger partial charge >= 0.3 is 0 Å². The maximum absolute atomic E-state index is 3.50. The van der Waals surface area contributed by atoms with Crippen molar-refractivity contribution in [2.24, 2.45) is 5.92 Å². The summed E-state index contributed by atoms with van der Waals surface area (Å²) >= 11 is 0. The van der Waals surface area contributed by atoms with Gasteiger partial charge in [0.1, 0.15) is 0 Å². The van der Waals surface area contributed by atoms with E-state index in [4.69, 9.17) is 0 Å². The first-order valence-corrected chi connectivity index (χ1v) is 8.94. The summed E-state index contributed by atoms with van der Waals surface area (Å²) < 4.78 is 0. The molecule has 0 saturated carbocycles. The summed E-state index contributed by atoms with van der Waals surface area (Å²) in [5.41, 5.74) is 0. The number of hydrogen-bond donors (Lipinski definition) is 1. The van der Waals surface area contributed by atoms with Gasteiger partial charge in [0.15, 0.2) is 0 Å². The third-order valence-electron chi connectivity index (χ3n) is 5.85. The summed E-state index contributed by atoms with van der Waals surface area (Å²) in [6, 6.07) is 2.47. The molecule has 0 radical (unpaired) electrons. The van der Waals surface area contributed by atoms with Crippen LogP contribution < -0.4 is 5.32 Å². The van der Waals surface area contributed by atoms with Crippen LogP contribution in [-0.2, 0) is 0 Å². The fraction of sp³-hybridized carbons (Fsp3) is 1.00. The summed E-state index contributed by atoms with van der Waals surface area (Å²) in [4.78, 5) is 5.60. The lowest BCUT2D eigenvalue weighted by molar-refractivity contribution is 0.0513.